The molecule has 1 aliphatic rings. The normalized spacial score (nSPS) is 15.7. The van der Waals surface area contributed by atoms with E-state index in [9.17, 15) is 18.0 Å². The number of halogens is 3. The van der Waals surface area contributed by atoms with Gasteiger partial charge in [0, 0.05) is 50.4 Å². The third kappa shape index (κ3) is 4.33. The van der Waals surface area contributed by atoms with Crippen molar-refractivity contribution in [1.82, 2.24) is 9.88 Å². The maximum Gasteiger partial charge on any atom is 0.417 e. The monoisotopic (exact) mass is 417 g/mol. The number of hydrogen-bond acceptors (Lipinski definition) is 5. The highest BCUT2D eigenvalue weighted by Gasteiger charge is 2.31. The molecule has 0 saturated carbocycles. The van der Waals surface area contributed by atoms with Crippen molar-refractivity contribution in [2.45, 2.75) is 26.1 Å². The molecule has 158 valence electrons. The van der Waals surface area contributed by atoms with Crippen molar-refractivity contribution < 1.29 is 17.6 Å². The van der Waals surface area contributed by atoms with Crippen molar-refractivity contribution >= 4 is 16.8 Å². The number of nitrogens with zero attached hydrogens (tertiary/aromatic N) is 3. The molecule has 0 atom stereocenters. The molecule has 0 radical (unpaired) electrons. The Morgan fingerprint density at radius 2 is 1.83 bits per heavy atom. The minimum atomic E-state index is -4.38. The van der Waals surface area contributed by atoms with Gasteiger partial charge in [0.05, 0.1) is 5.56 Å². The van der Waals surface area contributed by atoms with Gasteiger partial charge in [-0.05, 0) is 35.7 Å². The van der Waals surface area contributed by atoms with Gasteiger partial charge in [-0.3, -0.25) is 4.90 Å². The van der Waals surface area contributed by atoms with Gasteiger partial charge in [-0.1, -0.05) is 19.1 Å². The van der Waals surface area contributed by atoms with E-state index in [0.717, 1.165) is 48.3 Å². The molecule has 2 aromatic heterocycles. The molecule has 1 fully saturated rings. The van der Waals surface area contributed by atoms with E-state index >= 15 is 0 Å². The number of fused-ring (bicyclic) bond motifs is 1. The number of hydrogen-bond donors (Lipinski definition) is 0. The summed E-state index contributed by atoms with van der Waals surface area (Å²) in [5.74, 6) is 0.542. The Kier molecular flexibility index (Phi) is 5.51. The number of piperazine rings is 1. The zero-order chi connectivity index (χ0) is 21.3. The molecule has 8 heteroatoms. The van der Waals surface area contributed by atoms with E-state index in [1.165, 1.54) is 12.1 Å². The number of benzene rings is 1. The van der Waals surface area contributed by atoms with Crippen LogP contribution in [-0.4, -0.2) is 36.1 Å². The number of aromatic nitrogens is 1. The maximum absolute atomic E-state index is 12.7. The van der Waals surface area contributed by atoms with Crippen LogP contribution in [0.4, 0.5) is 19.0 Å². The van der Waals surface area contributed by atoms with E-state index in [2.05, 4.69) is 9.88 Å². The third-order valence-corrected chi connectivity index (χ3v) is 5.47. The van der Waals surface area contributed by atoms with Crippen molar-refractivity contribution in [3.8, 4) is 0 Å². The number of aryl methyl sites for hydroxylation is 1. The summed E-state index contributed by atoms with van der Waals surface area (Å²) in [7, 11) is 0. The number of rotatable bonds is 4. The van der Waals surface area contributed by atoms with Gasteiger partial charge < -0.3 is 9.32 Å². The molecule has 0 N–H and O–H groups in total. The highest BCUT2D eigenvalue weighted by atomic mass is 19.4. The molecular formula is C22H22F3N3O2. The Morgan fingerprint density at radius 1 is 1.07 bits per heavy atom. The molecule has 0 unspecified atom stereocenters. The van der Waals surface area contributed by atoms with E-state index in [1.807, 2.05) is 30.0 Å². The first-order valence-electron chi connectivity index (χ1n) is 9.89. The van der Waals surface area contributed by atoms with Crippen LogP contribution in [0.1, 0.15) is 23.6 Å². The maximum atomic E-state index is 12.7. The topological polar surface area (TPSA) is 49.6 Å². The van der Waals surface area contributed by atoms with Gasteiger partial charge in [-0.25, -0.2) is 9.78 Å². The van der Waals surface area contributed by atoms with Gasteiger partial charge in [-0.15, -0.1) is 0 Å². The van der Waals surface area contributed by atoms with Crippen molar-refractivity contribution in [1.29, 1.82) is 0 Å². The molecule has 4 rings (SSSR count). The van der Waals surface area contributed by atoms with Gasteiger partial charge in [-0.2, -0.15) is 13.2 Å². The lowest BCUT2D eigenvalue weighted by atomic mass is 10.1. The molecule has 0 spiro atoms. The Hall–Kier alpha value is -2.87. The predicted octanol–water partition coefficient (Wildman–Crippen LogP) is 4.09. The van der Waals surface area contributed by atoms with Crippen LogP contribution < -0.4 is 10.5 Å². The molecule has 1 aromatic carbocycles. The predicted molar refractivity (Wildman–Crippen MR) is 109 cm³/mol. The van der Waals surface area contributed by atoms with Crippen molar-refractivity contribution in [3.05, 3.63) is 69.7 Å². The zero-order valence-corrected chi connectivity index (χ0v) is 16.6. The standard InChI is InChI=1S/C22H22F3N3O2/c1-2-15-3-5-18-16(12-21(29)30-19(18)11-15)14-27-7-9-28(10-8-27)20-6-4-17(13-26-20)22(23,24)25/h3-6,11-13H,2,7-10,14H2,1H3. The van der Waals surface area contributed by atoms with Crippen LogP contribution in [0.5, 0.6) is 0 Å². The summed E-state index contributed by atoms with van der Waals surface area (Å²) in [6.45, 7) is 5.40. The van der Waals surface area contributed by atoms with Crippen LogP contribution in [0.2, 0.25) is 0 Å². The number of alkyl halides is 3. The molecule has 1 saturated heterocycles. The van der Waals surface area contributed by atoms with Crippen LogP contribution in [0.3, 0.4) is 0 Å². The molecular weight excluding hydrogens is 395 g/mol. The SMILES string of the molecule is CCc1ccc2c(CN3CCN(c4ccc(C(F)(F)F)cn4)CC3)cc(=O)oc2c1. The van der Waals surface area contributed by atoms with Crippen LogP contribution in [0, 0.1) is 0 Å². The van der Waals surface area contributed by atoms with Crippen LogP contribution in [-0.2, 0) is 19.1 Å². The van der Waals surface area contributed by atoms with Crippen molar-refractivity contribution in [3.63, 3.8) is 0 Å². The minimum absolute atomic E-state index is 0.363. The van der Waals surface area contributed by atoms with Crippen LogP contribution in [0.25, 0.3) is 11.0 Å². The Labute approximate surface area is 171 Å². The Bertz CT molecular complexity index is 1090. The van der Waals surface area contributed by atoms with Gasteiger partial charge >= 0.3 is 11.8 Å². The highest BCUT2D eigenvalue weighted by Crippen LogP contribution is 2.29. The lowest BCUT2D eigenvalue weighted by Crippen LogP contribution is -2.46. The van der Waals surface area contributed by atoms with Gasteiger partial charge in [0.25, 0.3) is 0 Å². The number of anilines is 1. The zero-order valence-electron chi connectivity index (χ0n) is 16.6. The molecule has 3 aromatic rings. The second-order valence-corrected chi connectivity index (χ2v) is 7.44. The number of pyridine rings is 1. The minimum Gasteiger partial charge on any atom is -0.423 e. The summed E-state index contributed by atoms with van der Waals surface area (Å²) < 4.78 is 43.5. The lowest BCUT2D eigenvalue weighted by molar-refractivity contribution is -0.137. The lowest BCUT2D eigenvalue weighted by Gasteiger charge is -2.35. The first-order valence-corrected chi connectivity index (χ1v) is 9.89. The van der Waals surface area contributed by atoms with Crippen LogP contribution in [0.15, 0.2) is 51.8 Å². The average molecular weight is 417 g/mol. The van der Waals surface area contributed by atoms with E-state index in [0.29, 0.717) is 31.0 Å². The average Bonchev–Trinajstić information content (AvgIpc) is 2.73. The summed E-state index contributed by atoms with van der Waals surface area (Å²) in [6.07, 6.45) is -2.64. The molecule has 0 amide bonds. The quantitative estimate of drug-likeness (QED) is 0.599. The smallest absolute Gasteiger partial charge is 0.417 e. The van der Waals surface area contributed by atoms with E-state index in [4.69, 9.17) is 4.42 Å². The van der Waals surface area contributed by atoms with Gasteiger partial charge in [0.1, 0.15) is 11.4 Å². The van der Waals surface area contributed by atoms with Gasteiger partial charge in [0.2, 0.25) is 0 Å². The second-order valence-electron chi connectivity index (χ2n) is 7.44. The fourth-order valence-corrected chi connectivity index (χ4v) is 3.74. The second kappa shape index (κ2) is 8.10. The first kappa shape index (κ1) is 20.4. The Morgan fingerprint density at radius 3 is 2.47 bits per heavy atom. The fourth-order valence-electron chi connectivity index (χ4n) is 3.74. The van der Waals surface area contributed by atoms with Crippen molar-refractivity contribution in [2.24, 2.45) is 0 Å². The van der Waals surface area contributed by atoms with Crippen LogP contribution >= 0.6 is 0 Å². The molecule has 3 heterocycles. The molecule has 0 aliphatic carbocycles. The molecule has 5 nitrogen and oxygen atoms in total. The summed E-state index contributed by atoms with van der Waals surface area (Å²) in [5.41, 5.74) is 1.53. The highest BCUT2D eigenvalue weighted by molar-refractivity contribution is 5.80. The van der Waals surface area contributed by atoms with E-state index in [-0.39, 0.29) is 5.63 Å². The Balaban J connectivity index is 1.44. The molecule has 1 aliphatic heterocycles. The fraction of sp³-hybridized carbons (Fsp3) is 0.364. The summed E-state index contributed by atoms with van der Waals surface area (Å²) in [4.78, 5) is 20.2. The summed E-state index contributed by atoms with van der Waals surface area (Å²) in [5, 5.41) is 0.929. The van der Waals surface area contributed by atoms with Crippen molar-refractivity contribution in [2.75, 3.05) is 31.1 Å². The van der Waals surface area contributed by atoms with E-state index < -0.39 is 11.7 Å². The molecule has 0 bridgehead atoms. The summed E-state index contributed by atoms with van der Waals surface area (Å²) in [6, 6.07) is 9.97. The largest absolute Gasteiger partial charge is 0.423 e. The molecule has 30 heavy (non-hydrogen) atoms. The van der Waals surface area contributed by atoms with Gasteiger partial charge in [0.15, 0.2) is 0 Å². The first-order chi connectivity index (χ1) is 14.3. The van der Waals surface area contributed by atoms with E-state index in [1.54, 1.807) is 0 Å². The third-order valence-electron chi connectivity index (χ3n) is 5.47. The summed E-state index contributed by atoms with van der Waals surface area (Å²) >= 11 is 0.